The zero-order valence-electron chi connectivity index (χ0n) is 48.5. The summed E-state index contributed by atoms with van der Waals surface area (Å²) in [5, 5.41) is 17.7. The summed E-state index contributed by atoms with van der Waals surface area (Å²) in [5.74, 6) is -3.12. The molecule has 16 heteroatoms. The van der Waals surface area contributed by atoms with E-state index in [1.54, 1.807) is 102 Å². The Hall–Kier alpha value is -13.0. The lowest BCUT2D eigenvalue weighted by Gasteiger charge is -2.29. The minimum atomic E-state index is -2.31. The van der Waals surface area contributed by atoms with Gasteiger partial charge < -0.3 is 16.0 Å². The van der Waals surface area contributed by atoms with Crippen LogP contribution in [0.15, 0.2) is 290 Å². The summed E-state index contributed by atoms with van der Waals surface area (Å²) in [6, 6.07) is 78.3. The van der Waals surface area contributed by atoms with Crippen molar-refractivity contribution in [1.29, 1.82) is 0 Å². The zero-order valence-corrected chi connectivity index (χ0v) is 48.5. The number of amides is 4. The third kappa shape index (κ3) is 8.88. The molecule has 5 aliphatic rings. The zero-order chi connectivity index (χ0) is 61.6. The topological polar surface area (TPSA) is 206 Å². The van der Waals surface area contributed by atoms with Crippen molar-refractivity contribution in [3.8, 4) is 0 Å². The van der Waals surface area contributed by atoms with E-state index in [-0.39, 0.29) is 63.1 Å². The van der Waals surface area contributed by atoms with Crippen LogP contribution in [0.1, 0.15) is 85.9 Å². The maximum absolute atomic E-state index is 15.6. The highest BCUT2D eigenvalue weighted by atomic mass is 16.2. The number of rotatable bonds is 8. The average Bonchev–Trinajstić information content (AvgIpc) is 1.52. The number of fused-ring (bicyclic) bond motifs is 20. The summed E-state index contributed by atoms with van der Waals surface area (Å²) in [6.45, 7) is 0. The van der Waals surface area contributed by atoms with Gasteiger partial charge in [0.15, 0.2) is 40.8 Å². The molecule has 0 fully saturated rings. The molecule has 4 N–H and O–H groups in total. The summed E-state index contributed by atoms with van der Waals surface area (Å²) in [6.07, 6.45) is 0. The minimum Gasteiger partial charge on any atom is -0.321 e. The van der Waals surface area contributed by atoms with Gasteiger partial charge in [-0.3, -0.25) is 24.6 Å². The Bertz CT molecular complexity index is 5490. The molecule has 12 aromatic rings. The molecule has 8 bridgehead atoms. The Labute approximate surface area is 524 Å². The Morgan fingerprint density at radius 3 is 1.11 bits per heavy atom. The Kier molecular flexibility index (Phi) is 12.2. The maximum atomic E-state index is 15.6. The fourth-order valence-corrected chi connectivity index (χ4v) is 12.7. The van der Waals surface area contributed by atoms with Gasteiger partial charge in [0.1, 0.15) is 0 Å². The van der Waals surface area contributed by atoms with Gasteiger partial charge in [-0.25, -0.2) is 40.0 Å². The predicted octanol–water partition coefficient (Wildman–Crippen LogP) is 13.4. The lowest BCUT2D eigenvalue weighted by Crippen LogP contribution is -2.50. The molecule has 0 radical (unpaired) electrons. The van der Waals surface area contributed by atoms with E-state index in [0.29, 0.717) is 66.7 Å². The molecule has 0 saturated carbocycles. The molecule has 4 amide bonds. The van der Waals surface area contributed by atoms with E-state index < -0.39 is 29.4 Å². The first kappa shape index (κ1) is 53.3. The van der Waals surface area contributed by atoms with E-state index in [4.69, 9.17) is 34.9 Å². The standard InChI is InChI=1S/C76H46N12O4/c89-72(43-21-5-1-6-22-43)77-63-53-35-19-20-36-54(53)64(78-73(90)44-23-7-2-8-24-44)62-61(63)69-81-67-58-40-50-32-16-18-34-52(50)42-60(58)71(83-67)88(87-75(92)46-27-11-4-12-28-46)70-59-41-51-33-17-15-31-49(51)39-57(59)66(82-70)79-65-55-37-47-29-13-14-30-48(47)38-56(55)68(80-65)84-76(62,85-69)86-74(91)45-25-9-3-10-26-45/h1-42H,(H,77,89)(H,78,90)(H,86,91)(H,87,92). The first-order valence-corrected chi connectivity index (χ1v) is 29.8. The van der Waals surface area contributed by atoms with Crippen molar-refractivity contribution < 1.29 is 19.2 Å². The highest BCUT2D eigenvalue weighted by Crippen LogP contribution is 2.50. The first-order chi connectivity index (χ1) is 45.2. The summed E-state index contributed by atoms with van der Waals surface area (Å²) in [7, 11) is 0. The number of anilines is 2. The third-order valence-electron chi connectivity index (χ3n) is 17.0. The average molecular weight is 1190 g/mol. The molecule has 5 heterocycles. The number of nitrogens with one attached hydrogen (secondary N) is 4. The summed E-state index contributed by atoms with van der Waals surface area (Å²) >= 11 is 0. The van der Waals surface area contributed by atoms with Crippen LogP contribution in [0.5, 0.6) is 0 Å². The highest BCUT2D eigenvalue weighted by molar-refractivity contribution is 6.36. The molecule has 0 spiro atoms. The molecule has 434 valence electrons. The van der Waals surface area contributed by atoms with Crippen LogP contribution >= 0.6 is 0 Å². The molecule has 0 aromatic heterocycles. The molecule has 92 heavy (non-hydrogen) atoms. The van der Waals surface area contributed by atoms with E-state index in [2.05, 4.69) is 21.4 Å². The van der Waals surface area contributed by atoms with Gasteiger partial charge in [-0.15, -0.1) is 0 Å². The van der Waals surface area contributed by atoms with Gasteiger partial charge in [0.2, 0.25) is 0 Å². The van der Waals surface area contributed by atoms with Gasteiger partial charge in [-0.2, -0.15) is 0 Å². The smallest absolute Gasteiger partial charge is 0.270 e. The lowest BCUT2D eigenvalue weighted by atomic mass is 9.92. The molecule has 12 aromatic carbocycles. The van der Waals surface area contributed by atoms with E-state index in [0.717, 1.165) is 32.3 Å². The van der Waals surface area contributed by atoms with Crippen molar-refractivity contribution in [2.45, 2.75) is 5.79 Å². The molecule has 0 saturated heterocycles. The molecule has 16 nitrogen and oxygen atoms in total. The molecular weight excluding hydrogens is 1140 g/mol. The Balaban J connectivity index is 1.04. The van der Waals surface area contributed by atoms with Crippen LogP contribution < -0.4 is 21.4 Å². The number of hydrogen-bond acceptors (Lipinski definition) is 12. The summed E-state index contributed by atoms with van der Waals surface area (Å²) < 4.78 is 0. The SMILES string of the molecule is O=C(Nc1c2c(c(NC(=O)c3ccccc3)c3ccccc13)C1(NC(=O)c3ccccc3)N=C3N=C(N=C4N=C(c5cc6ccccc6cc54)N(NC(=O)c4ccccc4)C4=NC(=NC2=N1)c1cc2ccccc2cc14)c1cc2ccccc2cc13)c1ccccc1. The van der Waals surface area contributed by atoms with Gasteiger partial charge in [0.05, 0.1) is 22.5 Å². The summed E-state index contributed by atoms with van der Waals surface area (Å²) in [5.41, 5.74) is 8.82. The normalized spacial score (nSPS) is 15.6. The quantitative estimate of drug-likeness (QED) is 0.109. The van der Waals surface area contributed by atoms with Crippen LogP contribution in [-0.2, 0) is 5.79 Å². The largest absolute Gasteiger partial charge is 0.321 e. The van der Waals surface area contributed by atoms with E-state index in [1.165, 1.54) is 0 Å². The Morgan fingerprint density at radius 2 is 0.641 bits per heavy atom. The van der Waals surface area contributed by atoms with Crippen molar-refractivity contribution in [2.24, 2.45) is 34.9 Å². The Morgan fingerprint density at radius 1 is 0.315 bits per heavy atom. The number of amidine groups is 7. The van der Waals surface area contributed by atoms with Gasteiger partial charge in [-0.1, -0.05) is 170 Å². The second-order valence-electron chi connectivity index (χ2n) is 22.6. The fraction of sp³-hybridized carbons (Fsp3) is 0.0132. The van der Waals surface area contributed by atoms with Crippen molar-refractivity contribution >= 4 is 119 Å². The van der Waals surface area contributed by atoms with Crippen LogP contribution in [-0.4, -0.2) is 69.5 Å². The highest BCUT2D eigenvalue weighted by Gasteiger charge is 2.49. The third-order valence-corrected chi connectivity index (χ3v) is 17.0. The second kappa shape index (κ2) is 21.1. The number of hydrazine groups is 1. The number of nitrogens with zero attached hydrogens (tertiary/aromatic N) is 8. The van der Waals surface area contributed by atoms with Gasteiger partial charge in [-0.05, 0) is 117 Å². The molecule has 5 aliphatic heterocycles. The number of benzene rings is 12. The van der Waals surface area contributed by atoms with Gasteiger partial charge in [0.25, 0.3) is 29.4 Å². The monoisotopic (exact) mass is 1190 g/mol. The van der Waals surface area contributed by atoms with E-state index in [9.17, 15) is 0 Å². The van der Waals surface area contributed by atoms with Crippen LogP contribution in [0.3, 0.4) is 0 Å². The molecule has 0 aliphatic carbocycles. The number of aliphatic imine (C=N–C) groups is 7. The number of carbonyl (C=O) groups is 4. The van der Waals surface area contributed by atoms with Crippen molar-refractivity contribution in [3.63, 3.8) is 0 Å². The van der Waals surface area contributed by atoms with Crippen LogP contribution in [0.2, 0.25) is 0 Å². The van der Waals surface area contributed by atoms with E-state index in [1.807, 2.05) is 158 Å². The van der Waals surface area contributed by atoms with Crippen LogP contribution in [0.4, 0.5) is 11.4 Å². The first-order valence-electron chi connectivity index (χ1n) is 29.8. The van der Waals surface area contributed by atoms with Crippen LogP contribution in [0.25, 0.3) is 43.1 Å². The summed E-state index contributed by atoms with van der Waals surface area (Å²) in [4.78, 5) is 99.6. The van der Waals surface area contributed by atoms with Gasteiger partial charge in [0, 0.05) is 66.4 Å². The van der Waals surface area contributed by atoms with Crippen LogP contribution in [0, 0.1) is 0 Å². The predicted molar refractivity (Wildman–Crippen MR) is 362 cm³/mol. The maximum Gasteiger partial charge on any atom is 0.270 e. The molecule has 17 rings (SSSR count). The second-order valence-corrected chi connectivity index (χ2v) is 22.6. The molecular formula is C76H46N12O4. The molecule has 1 atom stereocenters. The number of carbonyl (C=O) groups excluding carboxylic acids is 4. The molecule has 1 unspecified atom stereocenters. The van der Waals surface area contributed by atoms with Crippen molar-refractivity contribution in [2.75, 3.05) is 10.6 Å². The lowest BCUT2D eigenvalue weighted by molar-refractivity contribution is 0.0898. The minimum absolute atomic E-state index is 0.0515. The van der Waals surface area contributed by atoms with Crippen molar-refractivity contribution in [3.05, 3.63) is 322 Å². The van der Waals surface area contributed by atoms with E-state index >= 15 is 19.2 Å². The van der Waals surface area contributed by atoms with Gasteiger partial charge >= 0.3 is 0 Å². The van der Waals surface area contributed by atoms with Crippen molar-refractivity contribution in [1.82, 2.24) is 15.8 Å². The fourth-order valence-electron chi connectivity index (χ4n) is 12.7. The number of hydrogen-bond donors (Lipinski definition) is 4.